The number of rotatable bonds is 4. The molecular weight excluding hydrogens is 429 g/mol. The van der Waals surface area contributed by atoms with Gasteiger partial charge < -0.3 is 5.32 Å². The maximum atomic E-state index is 13.1. The van der Waals surface area contributed by atoms with Gasteiger partial charge in [0.25, 0.3) is 0 Å². The van der Waals surface area contributed by atoms with Crippen LogP contribution in [0.3, 0.4) is 0 Å². The van der Waals surface area contributed by atoms with Gasteiger partial charge in [-0.2, -0.15) is 18.3 Å². The van der Waals surface area contributed by atoms with Crippen LogP contribution in [0.25, 0.3) is 0 Å². The molecule has 4 nitrogen and oxygen atoms in total. The lowest BCUT2D eigenvalue weighted by atomic mass is 10.1. The summed E-state index contributed by atoms with van der Waals surface area (Å²) in [5.41, 5.74) is 1.83. The lowest BCUT2D eigenvalue weighted by Crippen LogP contribution is -2.44. The van der Waals surface area contributed by atoms with E-state index < -0.39 is 11.7 Å². The Hall–Kier alpha value is -1.84. The molecule has 1 heterocycles. The molecule has 0 aliphatic heterocycles. The van der Waals surface area contributed by atoms with Crippen molar-refractivity contribution < 1.29 is 13.2 Å². The molecule has 0 saturated heterocycles. The number of hydrogen-bond donors (Lipinski definition) is 2. The zero-order valence-corrected chi connectivity index (χ0v) is 17.7. The molecule has 1 aromatic carbocycles. The summed E-state index contributed by atoms with van der Waals surface area (Å²) in [5.74, 6) is 0. The van der Waals surface area contributed by atoms with Gasteiger partial charge in [0.1, 0.15) is 0 Å². The van der Waals surface area contributed by atoms with Crippen LogP contribution in [0.2, 0.25) is 5.02 Å². The van der Waals surface area contributed by atoms with Gasteiger partial charge in [-0.25, -0.2) is 0 Å². The fourth-order valence-electron chi connectivity index (χ4n) is 1.94. The Morgan fingerprint density at radius 1 is 1.21 bits per heavy atom. The Balaban J connectivity index is 2.25. The predicted molar refractivity (Wildman–Crippen MR) is 111 cm³/mol. The van der Waals surface area contributed by atoms with E-state index in [1.165, 1.54) is 6.21 Å². The van der Waals surface area contributed by atoms with E-state index in [1.54, 1.807) is 24.3 Å². The monoisotopic (exact) mass is 446 g/mol. The molecule has 0 fully saturated rings. The zero-order chi connectivity index (χ0) is 20.9. The Kier molecular flexibility index (Phi) is 7.30. The number of pyridine rings is 1. The van der Waals surface area contributed by atoms with Crippen molar-refractivity contribution in [3.63, 3.8) is 0 Å². The first kappa shape index (κ1) is 22.4. The average molecular weight is 447 g/mol. The van der Waals surface area contributed by atoms with Gasteiger partial charge in [0, 0.05) is 26.5 Å². The first-order valence-corrected chi connectivity index (χ1v) is 9.66. The number of thiocarbonyl (C=S) groups is 1. The lowest BCUT2D eigenvalue weighted by molar-refractivity contribution is -0.138. The summed E-state index contributed by atoms with van der Waals surface area (Å²) >= 11 is 12.1. The molecule has 150 valence electrons. The van der Waals surface area contributed by atoms with E-state index in [4.69, 9.17) is 23.8 Å². The largest absolute Gasteiger partial charge is 0.417 e. The molecule has 0 spiro atoms. The van der Waals surface area contributed by atoms with Crippen molar-refractivity contribution in [3.8, 4) is 0 Å². The summed E-state index contributed by atoms with van der Waals surface area (Å²) in [6.45, 7) is 5.80. The van der Waals surface area contributed by atoms with Crippen molar-refractivity contribution in [2.45, 2.75) is 42.3 Å². The van der Waals surface area contributed by atoms with E-state index in [0.717, 1.165) is 28.9 Å². The van der Waals surface area contributed by atoms with Gasteiger partial charge in [-0.15, -0.1) is 0 Å². The highest BCUT2D eigenvalue weighted by atomic mass is 35.5. The Morgan fingerprint density at radius 2 is 1.86 bits per heavy atom. The lowest BCUT2D eigenvalue weighted by Gasteiger charge is -2.21. The number of nitrogens with zero attached hydrogens (tertiary/aromatic N) is 2. The van der Waals surface area contributed by atoms with E-state index in [0.29, 0.717) is 15.0 Å². The second-order valence-corrected chi connectivity index (χ2v) is 8.70. The normalized spacial score (nSPS) is 12.2. The maximum Gasteiger partial charge on any atom is 0.417 e. The summed E-state index contributed by atoms with van der Waals surface area (Å²) < 4.78 is 39.2. The van der Waals surface area contributed by atoms with E-state index in [2.05, 4.69) is 20.8 Å². The minimum atomic E-state index is -4.49. The van der Waals surface area contributed by atoms with Gasteiger partial charge >= 0.3 is 6.18 Å². The standard InChI is InChI=1S/C18H18ClF3N4S2/c1-17(2,3)25-16(27)26-24-10-14-15(8-11(9-23-14)18(20,21)22)28-13-6-4-12(19)5-7-13/h4-10H,1-3H3,(H2,25,26,27)/b24-10-. The summed E-state index contributed by atoms with van der Waals surface area (Å²) in [6, 6.07) is 7.80. The molecule has 0 radical (unpaired) electrons. The molecule has 0 aliphatic carbocycles. The van der Waals surface area contributed by atoms with Crippen LogP contribution in [-0.4, -0.2) is 21.8 Å². The Bertz CT molecular complexity index is 863. The van der Waals surface area contributed by atoms with Crippen LogP contribution >= 0.6 is 35.6 Å². The van der Waals surface area contributed by atoms with Crippen molar-refractivity contribution in [1.29, 1.82) is 0 Å². The minimum absolute atomic E-state index is 0.248. The molecule has 0 unspecified atom stereocenters. The minimum Gasteiger partial charge on any atom is -0.357 e. The topological polar surface area (TPSA) is 49.3 Å². The smallest absolute Gasteiger partial charge is 0.357 e. The van der Waals surface area contributed by atoms with Crippen LogP contribution in [0.4, 0.5) is 13.2 Å². The number of nitrogens with one attached hydrogen (secondary N) is 2. The molecular formula is C18H18ClF3N4S2. The molecule has 0 bridgehead atoms. The third-order valence-corrected chi connectivity index (χ3v) is 4.59. The second kappa shape index (κ2) is 9.11. The predicted octanol–water partition coefficient (Wildman–Crippen LogP) is 5.50. The second-order valence-electron chi connectivity index (χ2n) is 6.74. The van der Waals surface area contributed by atoms with E-state index >= 15 is 0 Å². The first-order valence-electron chi connectivity index (χ1n) is 8.06. The molecule has 0 saturated carbocycles. The summed E-state index contributed by atoms with van der Waals surface area (Å²) in [4.78, 5) is 4.93. The fraction of sp³-hybridized carbons (Fsp3) is 0.278. The van der Waals surface area contributed by atoms with Gasteiger partial charge in [-0.3, -0.25) is 10.4 Å². The van der Waals surface area contributed by atoms with Crippen LogP contribution in [-0.2, 0) is 6.18 Å². The number of benzene rings is 1. The SMILES string of the molecule is CC(C)(C)NC(=S)N/N=C\c1ncc(C(F)(F)F)cc1Sc1ccc(Cl)cc1. The Morgan fingerprint density at radius 3 is 2.43 bits per heavy atom. The summed E-state index contributed by atoms with van der Waals surface area (Å²) in [6.07, 6.45) is -2.39. The first-order chi connectivity index (χ1) is 12.9. The van der Waals surface area contributed by atoms with Crippen LogP contribution in [0.1, 0.15) is 32.0 Å². The van der Waals surface area contributed by atoms with Crippen molar-refractivity contribution in [2.75, 3.05) is 0 Å². The Labute approximate surface area is 176 Å². The number of hydrazone groups is 1. The summed E-state index contributed by atoms with van der Waals surface area (Å²) in [7, 11) is 0. The van der Waals surface area contributed by atoms with Gasteiger partial charge in [-0.05, 0) is 63.3 Å². The molecule has 2 rings (SSSR count). The van der Waals surface area contributed by atoms with Crippen LogP contribution < -0.4 is 10.7 Å². The van der Waals surface area contributed by atoms with Gasteiger partial charge in [-0.1, -0.05) is 23.4 Å². The van der Waals surface area contributed by atoms with Crippen LogP contribution in [0.5, 0.6) is 0 Å². The molecule has 1 aromatic heterocycles. The molecule has 10 heteroatoms. The van der Waals surface area contributed by atoms with Gasteiger partial charge in [0.15, 0.2) is 5.11 Å². The number of hydrogen-bond acceptors (Lipinski definition) is 4. The van der Waals surface area contributed by atoms with Gasteiger partial charge in [0.05, 0.1) is 17.5 Å². The van der Waals surface area contributed by atoms with Crippen molar-refractivity contribution in [1.82, 2.24) is 15.7 Å². The van der Waals surface area contributed by atoms with E-state index in [9.17, 15) is 13.2 Å². The molecule has 2 N–H and O–H groups in total. The molecule has 0 aliphatic rings. The zero-order valence-electron chi connectivity index (χ0n) is 15.3. The van der Waals surface area contributed by atoms with Crippen molar-refractivity contribution in [2.24, 2.45) is 5.10 Å². The molecule has 0 atom stereocenters. The molecule has 0 amide bonds. The highest BCUT2D eigenvalue weighted by Crippen LogP contribution is 2.35. The molecule has 28 heavy (non-hydrogen) atoms. The van der Waals surface area contributed by atoms with E-state index in [-0.39, 0.29) is 11.2 Å². The molecule has 2 aromatic rings. The number of alkyl halides is 3. The van der Waals surface area contributed by atoms with Crippen molar-refractivity contribution >= 4 is 46.9 Å². The third-order valence-electron chi connectivity index (χ3n) is 3.09. The highest BCUT2D eigenvalue weighted by molar-refractivity contribution is 7.99. The number of halogens is 4. The van der Waals surface area contributed by atoms with E-state index in [1.807, 2.05) is 20.8 Å². The number of aromatic nitrogens is 1. The third kappa shape index (κ3) is 7.29. The van der Waals surface area contributed by atoms with Crippen molar-refractivity contribution in [3.05, 3.63) is 52.8 Å². The highest BCUT2D eigenvalue weighted by Gasteiger charge is 2.31. The quantitative estimate of drug-likeness (QED) is 0.369. The van der Waals surface area contributed by atoms with Crippen LogP contribution in [0, 0.1) is 0 Å². The van der Waals surface area contributed by atoms with Crippen LogP contribution in [0.15, 0.2) is 51.4 Å². The summed E-state index contributed by atoms with van der Waals surface area (Å²) in [5, 5.41) is 7.82. The van der Waals surface area contributed by atoms with Gasteiger partial charge in [0.2, 0.25) is 0 Å². The fourth-order valence-corrected chi connectivity index (χ4v) is 3.35. The average Bonchev–Trinajstić information content (AvgIpc) is 2.55. The maximum absolute atomic E-state index is 13.1.